The van der Waals surface area contributed by atoms with Crippen LogP contribution in [0.25, 0.3) is 0 Å². The van der Waals surface area contributed by atoms with Gasteiger partial charge in [0, 0.05) is 6.54 Å². The van der Waals surface area contributed by atoms with E-state index in [1.54, 1.807) is 6.07 Å². The number of rotatable bonds is 3. The van der Waals surface area contributed by atoms with Crippen LogP contribution in [0, 0.1) is 5.82 Å². The number of carbonyl (C=O) groups is 1. The van der Waals surface area contributed by atoms with Crippen LogP contribution in [0.5, 0.6) is 0 Å². The summed E-state index contributed by atoms with van der Waals surface area (Å²) in [4.78, 5) is 10.7. The average Bonchev–Trinajstić information content (AvgIpc) is 2.14. The lowest BCUT2D eigenvalue weighted by Crippen LogP contribution is -2.44. The summed E-state index contributed by atoms with van der Waals surface area (Å²) in [5, 5.41) is 2.81. The SMILES string of the molecule is O=C(NCCc1cccc(F)c1)NC(F)(F)F. The van der Waals surface area contributed by atoms with E-state index in [1.165, 1.54) is 18.2 Å². The van der Waals surface area contributed by atoms with Gasteiger partial charge < -0.3 is 5.32 Å². The molecule has 1 aromatic carbocycles. The number of amides is 2. The van der Waals surface area contributed by atoms with Gasteiger partial charge in [0.1, 0.15) is 5.82 Å². The van der Waals surface area contributed by atoms with E-state index in [9.17, 15) is 22.4 Å². The van der Waals surface area contributed by atoms with Gasteiger partial charge in [-0.1, -0.05) is 12.1 Å². The van der Waals surface area contributed by atoms with E-state index >= 15 is 0 Å². The molecule has 2 amide bonds. The van der Waals surface area contributed by atoms with Crippen molar-refractivity contribution in [3.63, 3.8) is 0 Å². The molecule has 0 unspecified atom stereocenters. The molecule has 0 saturated carbocycles. The van der Waals surface area contributed by atoms with Crippen molar-refractivity contribution in [2.75, 3.05) is 6.54 Å². The number of benzene rings is 1. The topological polar surface area (TPSA) is 41.1 Å². The molecule has 0 radical (unpaired) electrons. The molecule has 0 heterocycles. The van der Waals surface area contributed by atoms with Crippen molar-refractivity contribution in [3.05, 3.63) is 35.6 Å². The Hall–Kier alpha value is -1.79. The summed E-state index contributed by atoms with van der Waals surface area (Å²) in [6.45, 7) is -0.00856. The minimum Gasteiger partial charge on any atom is -0.338 e. The predicted molar refractivity (Wildman–Crippen MR) is 52.7 cm³/mol. The zero-order valence-electron chi connectivity index (χ0n) is 8.64. The van der Waals surface area contributed by atoms with Crippen molar-refractivity contribution in [2.45, 2.75) is 12.7 Å². The van der Waals surface area contributed by atoms with Crippen LogP contribution >= 0.6 is 0 Å². The Morgan fingerprint density at radius 3 is 2.59 bits per heavy atom. The first-order chi connectivity index (χ1) is 7.87. The number of hydrogen-bond acceptors (Lipinski definition) is 1. The lowest BCUT2D eigenvalue weighted by atomic mass is 10.1. The molecular weight excluding hydrogens is 240 g/mol. The Morgan fingerprint density at radius 1 is 1.29 bits per heavy atom. The molecule has 0 spiro atoms. The second-order valence-corrected chi connectivity index (χ2v) is 3.26. The molecule has 0 aliphatic rings. The van der Waals surface area contributed by atoms with Gasteiger partial charge in [-0.15, -0.1) is 0 Å². The van der Waals surface area contributed by atoms with E-state index in [0.29, 0.717) is 5.56 Å². The van der Waals surface area contributed by atoms with Crippen molar-refractivity contribution >= 4 is 6.03 Å². The molecule has 0 aromatic heterocycles. The maximum atomic E-state index is 12.7. The number of halogens is 4. The van der Waals surface area contributed by atoms with Gasteiger partial charge in [0.15, 0.2) is 0 Å². The second kappa shape index (κ2) is 5.51. The molecule has 0 saturated heterocycles. The van der Waals surface area contributed by atoms with Crippen molar-refractivity contribution in [3.8, 4) is 0 Å². The Bertz CT molecular complexity index is 392. The number of alkyl halides is 3. The Labute approximate surface area is 94.8 Å². The highest BCUT2D eigenvalue weighted by Crippen LogP contribution is 2.08. The van der Waals surface area contributed by atoms with Crippen molar-refractivity contribution < 1.29 is 22.4 Å². The zero-order chi connectivity index (χ0) is 12.9. The third-order valence-electron chi connectivity index (χ3n) is 1.84. The zero-order valence-corrected chi connectivity index (χ0v) is 8.64. The molecule has 1 rings (SSSR count). The third-order valence-corrected chi connectivity index (χ3v) is 1.84. The molecule has 3 nitrogen and oxygen atoms in total. The molecule has 0 fully saturated rings. The third kappa shape index (κ3) is 5.74. The molecule has 7 heteroatoms. The lowest BCUT2D eigenvalue weighted by molar-refractivity contribution is -0.145. The van der Waals surface area contributed by atoms with Gasteiger partial charge in [-0.25, -0.2) is 14.5 Å². The number of carbonyl (C=O) groups excluding carboxylic acids is 1. The minimum absolute atomic E-state index is 0.00856. The van der Waals surface area contributed by atoms with Crippen LogP contribution in [-0.4, -0.2) is 18.9 Å². The van der Waals surface area contributed by atoms with E-state index in [-0.39, 0.29) is 13.0 Å². The van der Waals surface area contributed by atoms with E-state index in [0.717, 1.165) is 5.32 Å². The molecule has 0 bridgehead atoms. The fraction of sp³-hybridized carbons (Fsp3) is 0.300. The van der Waals surface area contributed by atoms with Gasteiger partial charge in [0.2, 0.25) is 0 Å². The molecule has 94 valence electrons. The van der Waals surface area contributed by atoms with Crippen LogP contribution in [-0.2, 0) is 6.42 Å². The van der Waals surface area contributed by atoms with E-state index in [2.05, 4.69) is 0 Å². The molecule has 0 atom stereocenters. The number of nitrogens with one attached hydrogen (secondary N) is 2. The summed E-state index contributed by atoms with van der Waals surface area (Å²) in [6, 6.07) is 4.29. The summed E-state index contributed by atoms with van der Waals surface area (Å²) >= 11 is 0. The summed E-state index contributed by atoms with van der Waals surface area (Å²) in [5.41, 5.74) is 0.595. The van der Waals surface area contributed by atoms with Crippen molar-refractivity contribution in [1.29, 1.82) is 0 Å². The summed E-state index contributed by atoms with van der Waals surface area (Å²) in [5.74, 6) is -0.428. The Balaban J connectivity index is 2.31. The highest BCUT2D eigenvalue weighted by Gasteiger charge is 2.29. The van der Waals surface area contributed by atoms with Gasteiger partial charge in [0.25, 0.3) is 0 Å². The second-order valence-electron chi connectivity index (χ2n) is 3.26. The van der Waals surface area contributed by atoms with Gasteiger partial charge in [-0.05, 0) is 24.1 Å². The van der Waals surface area contributed by atoms with Crippen LogP contribution in [0.2, 0.25) is 0 Å². The highest BCUT2D eigenvalue weighted by molar-refractivity contribution is 5.74. The first-order valence-electron chi connectivity index (χ1n) is 4.74. The monoisotopic (exact) mass is 250 g/mol. The fourth-order valence-corrected chi connectivity index (χ4v) is 1.19. The average molecular weight is 250 g/mol. The molecule has 0 aliphatic carbocycles. The summed E-state index contributed by atoms with van der Waals surface area (Å²) < 4.78 is 47.8. The summed E-state index contributed by atoms with van der Waals surface area (Å²) in [6.07, 6.45) is -4.49. The standard InChI is InChI=1S/C10H10F4N2O/c11-8-3-1-2-7(6-8)4-5-15-9(17)16-10(12,13)14/h1-3,6H,4-5H2,(H2,15,16,17). The van der Waals surface area contributed by atoms with Gasteiger partial charge in [-0.3, -0.25) is 0 Å². The van der Waals surface area contributed by atoms with Crippen molar-refractivity contribution in [2.24, 2.45) is 0 Å². The fourth-order valence-electron chi connectivity index (χ4n) is 1.19. The molecule has 17 heavy (non-hydrogen) atoms. The van der Waals surface area contributed by atoms with Crippen LogP contribution in [0.1, 0.15) is 5.56 Å². The smallest absolute Gasteiger partial charge is 0.338 e. The first-order valence-corrected chi connectivity index (χ1v) is 4.74. The van der Waals surface area contributed by atoms with E-state index in [4.69, 9.17) is 0 Å². The Kier molecular flexibility index (Phi) is 4.30. The molecule has 2 N–H and O–H groups in total. The van der Waals surface area contributed by atoms with Crippen LogP contribution in [0.4, 0.5) is 22.4 Å². The molecule has 1 aromatic rings. The minimum atomic E-state index is -4.75. The maximum absolute atomic E-state index is 12.7. The van der Waals surface area contributed by atoms with Crippen molar-refractivity contribution in [1.82, 2.24) is 10.6 Å². The van der Waals surface area contributed by atoms with E-state index < -0.39 is 18.1 Å². The number of hydrogen-bond donors (Lipinski definition) is 2. The van der Waals surface area contributed by atoms with Crippen LogP contribution < -0.4 is 10.6 Å². The van der Waals surface area contributed by atoms with E-state index in [1.807, 2.05) is 5.32 Å². The van der Waals surface area contributed by atoms with Crippen LogP contribution in [0.15, 0.2) is 24.3 Å². The molecular formula is C10H10F4N2O. The quantitative estimate of drug-likeness (QED) is 0.626. The lowest BCUT2D eigenvalue weighted by Gasteiger charge is -2.09. The molecule has 0 aliphatic heterocycles. The van der Waals surface area contributed by atoms with Crippen LogP contribution in [0.3, 0.4) is 0 Å². The largest absolute Gasteiger partial charge is 0.485 e. The Morgan fingerprint density at radius 2 is 2.00 bits per heavy atom. The van der Waals surface area contributed by atoms with Gasteiger partial charge in [0.05, 0.1) is 0 Å². The highest BCUT2D eigenvalue weighted by atomic mass is 19.4. The van der Waals surface area contributed by atoms with Gasteiger partial charge in [-0.2, -0.15) is 13.2 Å². The normalized spacial score (nSPS) is 11.1. The van der Waals surface area contributed by atoms with Gasteiger partial charge >= 0.3 is 12.3 Å². The first kappa shape index (κ1) is 13.3. The number of urea groups is 1. The maximum Gasteiger partial charge on any atom is 0.485 e. The predicted octanol–water partition coefficient (Wildman–Crippen LogP) is 2.19. The summed E-state index contributed by atoms with van der Waals surface area (Å²) in [7, 11) is 0.